The van der Waals surface area contributed by atoms with E-state index in [4.69, 9.17) is 21.1 Å². The zero-order chi connectivity index (χ0) is 22.7. The average molecular weight is 511 g/mol. The third kappa shape index (κ3) is 4.45. The van der Waals surface area contributed by atoms with Gasteiger partial charge in [0.15, 0.2) is 0 Å². The maximum Gasteiger partial charge on any atom is 0.263 e. The number of ether oxygens (including phenoxy) is 2. The molecule has 3 aromatic rings. The largest absolute Gasteiger partial charge is 0.495 e. The Balaban J connectivity index is 1.82. The molecule has 32 heavy (non-hydrogen) atoms. The van der Waals surface area contributed by atoms with Crippen LogP contribution in [0.25, 0.3) is 11.8 Å². The molecule has 1 heterocycles. The molecule has 0 saturated heterocycles. The van der Waals surface area contributed by atoms with Crippen LogP contribution in [0.1, 0.15) is 18.1 Å². The fourth-order valence-corrected chi connectivity index (χ4v) is 4.25. The summed E-state index contributed by atoms with van der Waals surface area (Å²) in [6.07, 6.45) is 3.76. The Labute approximate surface area is 200 Å². The van der Waals surface area contributed by atoms with E-state index in [1.807, 2.05) is 67.6 Å². The van der Waals surface area contributed by atoms with Crippen molar-refractivity contribution >= 4 is 50.9 Å². The van der Waals surface area contributed by atoms with E-state index in [1.165, 1.54) is 0 Å². The Kier molecular flexibility index (Phi) is 6.68. The molecule has 0 radical (unpaired) electrons. The second-order valence-electron chi connectivity index (χ2n) is 7.07. The number of carbonyl (C=O) groups is 1. The zero-order valence-corrected chi connectivity index (χ0v) is 20.0. The summed E-state index contributed by atoms with van der Waals surface area (Å²) in [5.74, 6) is 1.17. The van der Waals surface area contributed by atoms with Crippen LogP contribution in [0, 0.1) is 0 Å². The first-order valence-electron chi connectivity index (χ1n) is 10.1. The number of methoxy groups -OCH3 is 1. The first-order chi connectivity index (χ1) is 15.5. The Morgan fingerprint density at radius 1 is 1.03 bits per heavy atom. The van der Waals surface area contributed by atoms with Crippen molar-refractivity contribution in [3.05, 3.63) is 99.0 Å². The summed E-state index contributed by atoms with van der Waals surface area (Å²) in [4.78, 5) is 15.2. The van der Waals surface area contributed by atoms with Crippen molar-refractivity contribution in [1.29, 1.82) is 0 Å². The van der Waals surface area contributed by atoms with Crippen LogP contribution < -0.4 is 14.4 Å². The molecule has 0 spiro atoms. The van der Waals surface area contributed by atoms with Gasteiger partial charge in [0.25, 0.3) is 5.91 Å². The van der Waals surface area contributed by atoms with Gasteiger partial charge in [-0.15, -0.1) is 0 Å². The van der Waals surface area contributed by atoms with Gasteiger partial charge in [0, 0.05) is 10.6 Å². The molecule has 162 valence electrons. The van der Waals surface area contributed by atoms with E-state index >= 15 is 0 Å². The number of nitrogens with zero attached hydrogens (tertiary/aromatic N) is 1. The summed E-state index contributed by atoms with van der Waals surface area (Å²) in [5, 5.41) is 0.522. The quantitative estimate of drug-likeness (QED) is 0.336. The molecule has 1 amide bonds. The van der Waals surface area contributed by atoms with Crippen LogP contribution >= 0.6 is 27.5 Å². The highest BCUT2D eigenvalue weighted by molar-refractivity contribution is 9.10. The van der Waals surface area contributed by atoms with Crippen molar-refractivity contribution in [3.63, 3.8) is 0 Å². The topological polar surface area (TPSA) is 38.8 Å². The van der Waals surface area contributed by atoms with Crippen LogP contribution in [0.5, 0.6) is 11.5 Å². The summed E-state index contributed by atoms with van der Waals surface area (Å²) in [5.41, 5.74) is 3.71. The smallest absolute Gasteiger partial charge is 0.263 e. The van der Waals surface area contributed by atoms with Crippen molar-refractivity contribution in [2.45, 2.75) is 6.92 Å². The molecule has 1 aliphatic heterocycles. The molecule has 1 aliphatic rings. The molecular weight excluding hydrogens is 490 g/mol. The molecule has 0 atom stereocenters. The van der Waals surface area contributed by atoms with E-state index in [1.54, 1.807) is 30.2 Å². The highest BCUT2D eigenvalue weighted by atomic mass is 79.9. The Hall–Kier alpha value is -3.02. The van der Waals surface area contributed by atoms with Crippen LogP contribution in [0.2, 0.25) is 5.02 Å². The normalized spacial score (nSPS) is 14.6. The molecule has 0 bridgehead atoms. The van der Waals surface area contributed by atoms with Gasteiger partial charge >= 0.3 is 0 Å². The molecule has 4 nitrogen and oxygen atoms in total. The van der Waals surface area contributed by atoms with Gasteiger partial charge in [-0.05, 0) is 76.5 Å². The van der Waals surface area contributed by atoms with Crippen LogP contribution in [-0.2, 0) is 4.79 Å². The molecule has 0 fully saturated rings. The van der Waals surface area contributed by atoms with Crippen molar-refractivity contribution in [2.24, 2.45) is 0 Å². The van der Waals surface area contributed by atoms with Crippen molar-refractivity contribution in [2.75, 3.05) is 18.6 Å². The minimum Gasteiger partial charge on any atom is -0.495 e. The molecular formula is C26H21BrClNO3. The van der Waals surface area contributed by atoms with Crippen molar-refractivity contribution in [3.8, 4) is 11.5 Å². The standard InChI is InChI=1S/C26H21BrClNO3/c1-3-32-24-11-9-17(14-21(24)27)13-19-15-22(18-7-5-4-6-8-18)29(26(19)30)23-16-20(28)10-12-25(23)31-2/h4-16H,3H2,1-2H3/b19-13+. The number of benzene rings is 3. The van der Waals surface area contributed by atoms with Gasteiger partial charge in [0.05, 0.1) is 29.6 Å². The van der Waals surface area contributed by atoms with E-state index < -0.39 is 0 Å². The Morgan fingerprint density at radius 2 is 1.78 bits per heavy atom. The fourth-order valence-electron chi connectivity index (χ4n) is 3.57. The van der Waals surface area contributed by atoms with Crippen LogP contribution in [0.3, 0.4) is 0 Å². The average Bonchev–Trinajstić information content (AvgIpc) is 3.12. The predicted molar refractivity (Wildman–Crippen MR) is 133 cm³/mol. The first kappa shape index (κ1) is 22.2. The lowest BCUT2D eigenvalue weighted by atomic mass is 10.1. The lowest BCUT2D eigenvalue weighted by Crippen LogP contribution is -2.25. The van der Waals surface area contributed by atoms with E-state index in [2.05, 4.69) is 15.9 Å². The lowest BCUT2D eigenvalue weighted by molar-refractivity contribution is -0.113. The van der Waals surface area contributed by atoms with E-state index in [9.17, 15) is 4.79 Å². The summed E-state index contributed by atoms with van der Waals surface area (Å²) in [6, 6.07) is 20.8. The molecule has 0 N–H and O–H groups in total. The molecule has 0 aliphatic carbocycles. The number of carbonyl (C=O) groups excluding carboxylic acids is 1. The van der Waals surface area contributed by atoms with Crippen LogP contribution in [0.4, 0.5) is 5.69 Å². The molecule has 0 unspecified atom stereocenters. The Morgan fingerprint density at radius 3 is 2.47 bits per heavy atom. The molecule has 0 saturated carbocycles. The predicted octanol–water partition coefficient (Wildman–Crippen LogP) is 6.98. The van der Waals surface area contributed by atoms with Gasteiger partial charge in [-0.3, -0.25) is 9.69 Å². The van der Waals surface area contributed by atoms with Crippen molar-refractivity contribution < 1.29 is 14.3 Å². The lowest BCUT2D eigenvalue weighted by Gasteiger charge is -2.23. The summed E-state index contributed by atoms with van der Waals surface area (Å²) in [7, 11) is 1.58. The van der Waals surface area contributed by atoms with Gasteiger partial charge in [0.2, 0.25) is 0 Å². The van der Waals surface area contributed by atoms with Crippen LogP contribution in [-0.4, -0.2) is 19.6 Å². The monoisotopic (exact) mass is 509 g/mol. The SMILES string of the molecule is CCOc1ccc(/C=C2\C=C(c3ccccc3)N(c3cc(Cl)ccc3OC)C2=O)cc1Br. The van der Waals surface area contributed by atoms with Gasteiger partial charge in [-0.2, -0.15) is 0 Å². The minimum atomic E-state index is -0.158. The van der Waals surface area contributed by atoms with Gasteiger partial charge in [-0.25, -0.2) is 0 Å². The summed E-state index contributed by atoms with van der Waals surface area (Å²) in [6.45, 7) is 2.52. The number of anilines is 1. The van der Waals surface area contributed by atoms with Gasteiger partial charge < -0.3 is 9.47 Å². The molecule has 6 heteroatoms. The van der Waals surface area contributed by atoms with E-state index in [0.29, 0.717) is 28.6 Å². The van der Waals surface area contributed by atoms with E-state index in [-0.39, 0.29) is 5.91 Å². The number of amides is 1. The Bertz CT molecular complexity index is 1220. The minimum absolute atomic E-state index is 0.158. The number of halogens is 2. The maximum atomic E-state index is 13.6. The molecule has 0 aromatic heterocycles. The van der Waals surface area contributed by atoms with E-state index in [0.717, 1.165) is 27.0 Å². The summed E-state index contributed by atoms with van der Waals surface area (Å²) >= 11 is 9.81. The third-order valence-corrected chi connectivity index (χ3v) is 5.87. The second kappa shape index (κ2) is 9.63. The molecule has 4 rings (SSSR count). The van der Waals surface area contributed by atoms with Crippen LogP contribution in [0.15, 0.2) is 82.9 Å². The highest BCUT2D eigenvalue weighted by Gasteiger charge is 2.32. The third-order valence-electron chi connectivity index (χ3n) is 5.01. The van der Waals surface area contributed by atoms with Gasteiger partial charge in [-0.1, -0.05) is 48.0 Å². The number of hydrogen-bond donors (Lipinski definition) is 0. The second-order valence-corrected chi connectivity index (χ2v) is 8.37. The highest BCUT2D eigenvalue weighted by Crippen LogP contribution is 2.41. The zero-order valence-electron chi connectivity index (χ0n) is 17.6. The molecule has 3 aromatic carbocycles. The maximum absolute atomic E-state index is 13.6. The summed E-state index contributed by atoms with van der Waals surface area (Å²) < 4.78 is 12.0. The number of rotatable bonds is 6. The van der Waals surface area contributed by atoms with Gasteiger partial charge in [0.1, 0.15) is 11.5 Å². The number of hydrogen-bond acceptors (Lipinski definition) is 3. The first-order valence-corrected chi connectivity index (χ1v) is 11.3. The fraction of sp³-hybridized carbons (Fsp3) is 0.115. The van der Waals surface area contributed by atoms with Crippen molar-refractivity contribution in [1.82, 2.24) is 0 Å².